The third-order valence-corrected chi connectivity index (χ3v) is 5.00. The molecule has 0 fully saturated rings. The van der Waals surface area contributed by atoms with Crippen molar-refractivity contribution in [3.63, 3.8) is 0 Å². The maximum absolute atomic E-state index is 11.4. The van der Waals surface area contributed by atoms with Gasteiger partial charge in [0, 0.05) is 11.9 Å². The zero-order valence-electron chi connectivity index (χ0n) is 15.5. The summed E-state index contributed by atoms with van der Waals surface area (Å²) in [6.07, 6.45) is 0.768. The summed E-state index contributed by atoms with van der Waals surface area (Å²) in [5, 5.41) is 11.2. The largest absolute Gasteiger partial charge is 0.497 e. The number of amides is 1. The normalized spacial score (nSPS) is 18.1. The Balaban J connectivity index is 1.72. The van der Waals surface area contributed by atoms with E-state index in [0.29, 0.717) is 11.0 Å². The summed E-state index contributed by atoms with van der Waals surface area (Å²) in [6, 6.07) is 15.7. The van der Waals surface area contributed by atoms with Gasteiger partial charge in [-0.05, 0) is 41.8 Å². The summed E-state index contributed by atoms with van der Waals surface area (Å²) in [7, 11) is 1.65. The van der Waals surface area contributed by atoms with E-state index >= 15 is 0 Å². The fourth-order valence-electron chi connectivity index (χ4n) is 3.41. The quantitative estimate of drug-likeness (QED) is 0.694. The van der Waals surface area contributed by atoms with Gasteiger partial charge >= 0.3 is 0 Å². The molecule has 7 nitrogen and oxygen atoms in total. The third-order valence-electron chi connectivity index (χ3n) is 4.75. The van der Waals surface area contributed by atoms with Gasteiger partial charge in [-0.25, -0.2) is 4.68 Å². The molecule has 1 aliphatic heterocycles. The van der Waals surface area contributed by atoms with Crippen molar-refractivity contribution in [2.24, 2.45) is 0 Å². The maximum atomic E-state index is 11.4. The Morgan fingerprint density at radius 2 is 1.86 bits per heavy atom. The molecule has 28 heavy (non-hydrogen) atoms. The van der Waals surface area contributed by atoms with Crippen molar-refractivity contribution in [1.29, 1.82) is 0 Å². The third kappa shape index (κ3) is 3.66. The van der Waals surface area contributed by atoms with E-state index in [2.05, 4.69) is 20.7 Å². The number of benzene rings is 2. The van der Waals surface area contributed by atoms with Gasteiger partial charge in [0.25, 0.3) is 5.95 Å². The van der Waals surface area contributed by atoms with Gasteiger partial charge in [-0.2, -0.15) is 4.98 Å². The molecule has 0 spiro atoms. The molecule has 0 aliphatic carbocycles. The number of methoxy groups -OCH3 is 1. The molecule has 3 aromatic rings. The molecule has 2 atom stereocenters. The number of halogens is 1. The molecule has 1 aliphatic rings. The molecular weight excluding hydrogens is 378 g/mol. The lowest BCUT2D eigenvalue weighted by atomic mass is 9.93. The Labute approximate surface area is 167 Å². The Hall–Kier alpha value is -3.06. The molecule has 2 unspecified atom stereocenters. The van der Waals surface area contributed by atoms with Gasteiger partial charge in [0.05, 0.1) is 19.2 Å². The van der Waals surface area contributed by atoms with E-state index in [9.17, 15) is 4.79 Å². The first kappa shape index (κ1) is 18.3. The van der Waals surface area contributed by atoms with Gasteiger partial charge in [-0.1, -0.05) is 35.9 Å². The van der Waals surface area contributed by atoms with Gasteiger partial charge in [-0.3, -0.25) is 10.1 Å². The van der Waals surface area contributed by atoms with Crippen molar-refractivity contribution in [1.82, 2.24) is 14.8 Å². The summed E-state index contributed by atoms with van der Waals surface area (Å²) < 4.78 is 7.07. The molecule has 2 heterocycles. The second-order valence-corrected chi connectivity index (χ2v) is 7.09. The van der Waals surface area contributed by atoms with Crippen molar-refractivity contribution in [3.05, 3.63) is 64.7 Å². The van der Waals surface area contributed by atoms with Gasteiger partial charge < -0.3 is 10.1 Å². The zero-order valence-corrected chi connectivity index (χ0v) is 16.3. The number of fused-ring (bicyclic) bond motifs is 1. The highest BCUT2D eigenvalue weighted by atomic mass is 35.5. The summed E-state index contributed by atoms with van der Waals surface area (Å²) >= 11 is 6.06. The first-order chi connectivity index (χ1) is 13.5. The van der Waals surface area contributed by atoms with Crippen molar-refractivity contribution in [2.75, 3.05) is 17.7 Å². The van der Waals surface area contributed by atoms with Crippen LogP contribution in [0.1, 0.15) is 36.6 Å². The van der Waals surface area contributed by atoms with Crippen LogP contribution in [0.3, 0.4) is 0 Å². The predicted molar refractivity (Wildman–Crippen MR) is 108 cm³/mol. The van der Waals surface area contributed by atoms with Crippen LogP contribution in [0, 0.1) is 0 Å². The first-order valence-electron chi connectivity index (χ1n) is 8.93. The molecule has 144 valence electrons. The van der Waals surface area contributed by atoms with Crippen molar-refractivity contribution in [2.45, 2.75) is 25.4 Å². The van der Waals surface area contributed by atoms with Crippen LogP contribution < -0.4 is 15.4 Å². The number of aromatic nitrogens is 3. The van der Waals surface area contributed by atoms with Crippen molar-refractivity contribution < 1.29 is 9.53 Å². The maximum Gasteiger partial charge on any atom is 0.250 e. The molecule has 8 heteroatoms. The Morgan fingerprint density at radius 1 is 1.18 bits per heavy atom. The standard InChI is InChI=1S/C20H20ClN5O2/c1-12(27)22-19-24-20-23-17(13-5-9-16(28-2)10-6-13)11-18(26(20)25-19)14-3-7-15(21)8-4-14/h3-10,17-18H,11H2,1-2H3,(H2,22,23,24,25,27). The lowest BCUT2D eigenvalue weighted by Crippen LogP contribution is -2.28. The fourth-order valence-corrected chi connectivity index (χ4v) is 3.53. The van der Waals surface area contributed by atoms with E-state index in [1.807, 2.05) is 53.2 Å². The monoisotopic (exact) mass is 397 g/mol. The van der Waals surface area contributed by atoms with Crippen molar-refractivity contribution in [3.8, 4) is 5.75 Å². The second-order valence-electron chi connectivity index (χ2n) is 6.66. The smallest absolute Gasteiger partial charge is 0.250 e. The summed E-state index contributed by atoms with van der Waals surface area (Å²) in [4.78, 5) is 15.9. The number of nitrogens with zero attached hydrogens (tertiary/aromatic N) is 3. The van der Waals surface area contributed by atoms with Crippen LogP contribution in [0.5, 0.6) is 5.75 Å². The molecule has 0 saturated carbocycles. The molecule has 2 aromatic carbocycles. The van der Waals surface area contributed by atoms with Crippen LogP contribution in [-0.2, 0) is 4.79 Å². The van der Waals surface area contributed by atoms with Crippen LogP contribution in [0.2, 0.25) is 5.02 Å². The van der Waals surface area contributed by atoms with E-state index in [0.717, 1.165) is 23.3 Å². The lowest BCUT2D eigenvalue weighted by Gasteiger charge is -2.31. The van der Waals surface area contributed by atoms with Gasteiger partial charge in [0.1, 0.15) is 5.75 Å². The molecule has 1 aromatic heterocycles. The van der Waals surface area contributed by atoms with Gasteiger partial charge in [0.15, 0.2) is 0 Å². The molecule has 4 rings (SSSR count). The van der Waals surface area contributed by atoms with Crippen LogP contribution in [0.4, 0.5) is 11.9 Å². The number of anilines is 2. The number of carbonyl (C=O) groups is 1. The van der Waals surface area contributed by atoms with Crippen LogP contribution >= 0.6 is 11.6 Å². The van der Waals surface area contributed by atoms with Gasteiger partial charge in [-0.15, -0.1) is 5.10 Å². The number of hydrogen-bond donors (Lipinski definition) is 2. The Morgan fingerprint density at radius 3 is 2.50 bits per heavy atom. The number of ether oxygens (including phenoxy) is 1. The predicted octanol–water partition coefficient (Wildman–Crippen LogP) is 4.04. The van der Waals surface area contributed by atoms with Crippen LogP contribution in [0.25, 0.3) is 0 Å². The molecule has 2 N–H and O–H groups in total. The highest BCUT2D eigenvalue weighted by molar-refractivity contribution is 6.30. The molecular formula is C20H20ClN5O2. The minimum atomic E-state index is -0.210. The molecule has 0 radical (unpaired) electrons. The lowest BCUT2D eigenvalue weighted by molar-refractivity contribution is -0.114. The molecule has 1 amide bonds. The zero-order chi connectivity index (χ0) is 19.7. The Kier molecular flexibility index (Phi) is 4.92. The second kappa shape index (κ2) is 7.52. The SMILES string of the molecule is COc1ccc(C2CC(c3ccc(Cl)cc3)n3nc(NC(C)=O)nc3N2)cc1. The first-order valence-corrected chi connectivity index (χ1v) is 9.31. The molecule has 0 saturated heterocycles. The number of hydrogen-bond acceptors (Lipinski definition) is 5. The van der Waals surface area contributed by atoms with Gasteiger partial charge in [0.2, 0.25) is 11.9 Å². The number of carbonyl (C=O) groups excluding carboxylic acids is 1. The fraction of sp³-hybridized carbons (Fsp3) is 0.250. The average molecular weight is 398 g/mol. The van der Waals surface area contributed by atoms with E-state index in [1.165, 1.54) is 6.92 Å². The summed E-state index contributed by atoms with van der Waals surface area (Å²) in [5.41, 5.74) is 2.19. The Bertz CT molecular complexity index is 985. The minimum absolute atomic E-state index is 0.0356. The number of nitrogens with one attached hydrogen (secondary N) is 2. The van der Waals surface area contributed by atoms with E-state index in [1.54, 1.807) is 7.11 Å². The van der Waals surface area contributed by atoms with E-state index in [-0.39, 0.29) is 23.9 Å². The highest BCUT2D eigenvalue weighted by Crippen LogP contribution is 2.38. The van der Waals surface area contributed by atoms with E-state index in [4.69, 9.17) is 16.3 Å². The minimum Gasteiger partial charge on any atom is -0.497 e. The highest BCUT2D eigenvalue weighted by Gasteiger charge is 2.31. The van der Waals surface area contributed by atoms with Crippen molar-refractivity contribution >= 4 is 29.4 Å². The average Bonchev–Trinajstić information content (AvgIpc) is 3.09. The summed E-state index contributed by atoms with van der Waals surface area (Å²) in [6.45, 7) is 1.43. The molecule has 0 bridgehead atoms. The van der Waals surface area contributed by atoms with E-state index < -0.39 is 0 Å². The number of rotatable bonds is 4. The topological polar surface area (TPSA) is 81.1 Å². The van der Waals surface area contributed by atoms with Crippen LogP contribution in [0.15, 0.2) is 48.5 Å². The summed E-state index contributed by atoms with van der Waals surface area (Å²) in [5.74, 6) is 1.49. The van der Waals surface area contributed by atoms with Crippen LogP contribution in [-0.4, -0.2) is 27.8 Å².